The number of hydrogen-bond donors (Lipinski definition) is 0. The van der Waals surface area contributed by atoms with E-state index in [9.17, 15) is 8.78 Å². The van der Waals surface area contributed by atoms with Crippen molar-refractivity contribution in [3.8, 4) is 0 Å². The van der Waals surface area contributed by atoms with Crippen LogP contribution in [0.3, 0.4) is 0 Å². The van der Waals surface area contributed by atoms with Crippen LogP contribution in [0.25, 0.3) is 0 Å². The van der Waals surface area contributed by atoms with Gasteiger partial charge in [0.1, 0.15) is 11.6 Å². The highest BCUT2D eigenvalue weighted by molar-refractivity contribution is 5.24. The lowest BCUT2D eigenvalue weighted by molar-refractivity contribution is -0.00925. The van der Waals surface area contributed by atoms with Gasteiger partial charge < -0.3 is 0 Å². The molecule has 1 heterocycles. The minimum absolute atomic E-state index is 0.0224. The fourth-order valence-electron chi connectivity index (χ4n) is 4.12. The van der Waals surface area contributed by atoms with Gasteiger partial charge in [0.15, 0.2) is 0 Å². The van der Waals surface area contributed by atoms with Crippen molar-refractivity contribution >= 4 is 0 Å². The van der Waals surface area contributed by atoms with Crippen molar-refractivity contribution in [2.45, 2.75) is 32.6 Å². The second-order valence-electron chi connectivity index (χ2n) is 7.84. The Morgan fingerprint density at radius 1 is 0.759 bits per heavy atom. The summed E-state index contributed by atoms with van der Waals surface area (Å²) in [6.07, 6.45) is 1.02. The third kappa shape index (κ3) is 4.89. The summed E-state index contributed by atoms with van der Waals surface area (Å²) in [5.74, 6) is -0.444. The first-order valence-electron chi connectivity index (χ1n) is 10.1. The predicted octanol–water partition coefficient (Wildman–Crippen LogP) is 5.68. The molecule has 4 rings (SSSR count). The lowest BCUT2D eigenvalue weighted by Crippen LogP contribution is -2.46. The van der Waals surface area contributed by atoms with Gasteiger partial charge in [-0.15, -0.1) is 0 Å². The maximum absolute atomic E-state index is 14.0. The van der Waals surface area contributed by atoms with Crippen LogP contribution in [0.2, 0.25) is 0 Å². The maximum Gasteiger partial charge on any atom is 0.123 e. The summed E-state index contributed by atoms with van der Waals surface area (Å²) >= 11 is 0. The zero-order valence-corrected chi connectivity index (χ0v) is 16.7. The highest BCUT2D eigenvalue weighted by atomic mass is 19.1. The molecule has 0 amide bonds. The lowest BCUT2D eigenvalue weighted by atomic mass is 10.0. The number of nitrogens with zero attached hydrogens (tertiary/aromatic N) is 2. The molecular formula is C25H26F2N2. The van der Waals surface area contributed by atoms with E-state index in [1.54, 1.807) is 12.1 Å². The summed E-state index contributed by atoms with van der Waals surface area (Å²) in [4.78, 5) is 4.77. The molecule has 150 valence electrons. The van der Waals surface area contributed by atoms with E-state index in [1.807, 2.05) is 18.2 Å². The van der Waals surface area contributed by atoms with Crippen LogP contribution < -0.4 is 0 Å². The third-order valence-corrected chi connectivity index (χ3v) is 5.53. The quantitative estimate of drug-likeness (QED) is 0.551. The summed E-state index contributed by atoms with van der Waals surface area (Å²) in [6, 6.07) is 22.1. The second-order valence-corrected chi connectivity index (χ2v) is 7.84. The molecule has 0 spiro atoms. The first-order chi connectivity index (χ1) is 14.1. The van der Waals surface area contributed by atoms with Crippen LogP contribution in [0.4, 0.5) is 8.78 Å². The van der Waals surface area contributed by atoms with E-state index in [0.717, 1.165) is 37.2 Å². The Bertz CT molecular complexity index is 882. The van der Waals surface area contributed by atoms with Gasteiger partial charge in [-0.05, 0) is 54.3 Å². The van der Waals surface area contributed by atoms with Crippen molar-refractivity contribution in [3.63, 3.8) is 0 Å². The minimum Gasteiger partial charge on any atom is -0.280 e. The van der Waals surface area contributed by atoms with Gasteiger partial charge in [0.05, 0.1) is 6.17 Å². The standard InChI is InChI=1S/C25H26F2N2/c1-19-6-8-20(9-7-19)17-28-14-3-15-29(18-21-10-12-23(26)13-11-21)25(28)22-4-2-5-24(27)16-22/h2,4-13,16,25H,3,14-15,17-18H2,1H3/t25-/m1/s1. The van der Waals surface area contributed by atoms with Crippen LogP contribution in [-0.2, 0) is 13.1 Å². The Hall–Kier alpha value is -2.56. The molecule has 0 saturated carbocycles. The Balaban J connectivity index is 1.63. The molecule has 3 aromatic carbocycles. The molecule has 0 aromatic heterocycles. The van der Waals surface area contributed by atoms with Gasteiger partial charge in [0, 0.05) is 26.2 Å². The summed E-state index contributed by atoms with van der Waals surface area (Å²) < 4.78 is 27.4. The number of rotatable bonds is 5. The monoisotopic (exact) mass is 392 g/mol. The fourth-order valence-corrected chi connectivity index (χ4v) is 4.12. The van der Waals surface area contributed by atoms with Gasteiger partial charge in [-0.1, -0.05) is 54.1 Å². The fraction of sp³-hybridized carbons (Fsp3) is 0.280. The first kappa shape index (κ1) is 19.7. The van der Waals surface area contributed by atoms with Crippen molar-refractivity contribution in [1.82, 2.24) is 9.80 Å². The summed E-state index contributed by atoms with van der Waals surface area (Å²) in [5.41, 5.74) is 4.51. The van der Waals surface area contributed by atoms with Crippen molar-refractivity contribution in [3.05, 3.63) is 107 Å². The van der Waals surface area contributed by atoms with Gasteiger partial charge in [0.25, 0.3) is 0 Å². The van der Waals surface area contributed by atoms with E-state index in [1.165, 1.54) is 29.3 Å². The SMILES string of the molecule is Cc1ccc(CN2CCCN(Cc3ccc(F)cc3)[C@@H]2c2cccc(F)c2)cc1. The topological polar surface area (TPSA) is 6.48 Å². The Kier molecular flexibility index (Phi) is 6.02. The van der Waals surface area contributed by atoms with E-state index < -0.39 is 0 Å². The number of hydrogen-bond acceptors (Lipinski definition) is 2. The van der Waals surface area contributed by atoms with Crippen molar-refractivity contribution in [2.75, 3.05) is 13.1 Å². The first-order valence-corrected chi connectivity index (χ1v) is 10.1. The van der Waals surface area contributed by atoms with Gasteiger partial charge in [0.2, 0.25) is 0 Å². The zero-order valence-electron chi connectivity index (χ0n) is 16.7. The third-order valence-electron chi connectivity index (χ3n) is 5.53. The normalized spacial score (nSPS) is 18.1. The maximum atomic E-state index is 14.0. The summed E-state index contributed by atoms with van der Waals surface area (Å²) in [6.45, 7) is 5.47. The van der Waals surface area contributed by atoms with Crippen LogP contribution in [0, 0.1) is 18.6 Å². The minimum atomic E-state index is -0.227. The molecule has 0 bridgehead atoms. The Morgan fingerprint density at radius 2 is 1.34 bits per heavy atom. The molecule has 4 heteroatoms. The average Bonchev–Trinajstić information content (AvgIpc) is 2.72. The van der Waals surface area contributed by atoms with Crippen molar-refractivity contribution < 1.29 is 8.78 Å². The molecule has 2 nitrogen and oxygen atoms in total. The van der Waals surface area contributed by atoms with E-state index in [4.69, 9.17) is 0 Å². The summed E-state index contributed by atoms with van der Waals surface area (Å²) in [7, 11) is 0. The molecule has 0 N–H and O–H groups in total. The molecule has 0 unspecified atom stereocenters. The van der Waals surface area contributed by atoms with Crippen molar-refractivity contribution in [2.24, 2.45) is 0 Å². The van der Waals surface area contributed by atoms with E-state index in [2.05, 4.69) is 41.0 Å². The Labute approximate surface area is 171 Å². The van der Waals surface area contributed by atoms with Crippen LogP contribution in [0.5, 0.6) is 0 Å². The second kappa shape index (κ2) is 8.85. The summed E-state index contributed by atoms with van der Waals surface area (Å²) in [5, 5.41) is 0. The molecule has 1 atom stereocenters. The van der Waals surface area contributed by atoms with Gasteiger partial charge >= 0.3 is 0 Å². The van der Waals surface area contributed by atoms with Crippen LogP contribution in [-0.4, -0.2) is 22.9 Å². The highest BCUT2D eigenvalue weighted by Gasteiger charge is 2.31. The molecule has 3 aromatic rings. The molecular weight excluding hydrogens is 366 g/mol. The lowest BCUT2D eigenvalue weighted by Gasteiger charge is -2.44. The molecule has 1 aliphatic heterocycles. The Morgan fingerprint density at radius 3 is 1.93 bits per heavy atom. The average molecular weight is 392 g/mol. The van der Waals surface area contributed by atoms with Gasteiger partial charge in [-0.2, -0.15) is 0 Å². The highest BCUT2D eigenvalue weighted by Crippen LogP contribution is 2.32. The number of halogens is 2. The molecule has 1 fully saturated rings. The van der Waals surface area contributed by atoms with Crippen LogP contribution in [0.1, 0.15) is 34.8 Å². The van der Waals surface area contributed by atoms with Gasteiger partial charge in [-0.3, -0.25) is 9.80 Å². The van der Waals surface area contributed by atoms with Gasteiger partial charge in [-0.25, -0.2) is 8.78 Å². The van der Waals surface area contributed by atoms with E-state index >= 15 is 0 Å². The van der Waals surface area contributed by atoms with E-state index in [-0.39, 0.29) is 17.8 Å². The molecule has 1 aliphatic rings. The van der Waals surface area contributed by atoms with Crippen molar-refractivity contribution in [1.29, 1.82) is 0 Å². The number of benzene rings is 3. The van der Waals surface area contributed by atoms with Crippen LogP contribution >= 0.6 is 0 Å². The molecule has 0 aliphatic carbocycles. The molecule has 1 saturated heterocycles. The number of aryl methyl sites for hydroxylation is 1. The molecule has 29 heavy (non-hydrogen) atoms. The van der Waals surface area contributed by atoms with Crippen LogP contribution in [0.15, 0.2) is 72.8 Å². The largest absolute Gasteiger partial charge is 0.280 e. The molecule has 0 radical (unpaired) electrons. The van der Waals surface area contributed by atoms with E-state index in [0.29, 0.717) is 6.54 Å². The predicted molar refractivity (Wildman–Crippen MR) is 112 cm³/mol. The smallest absolute Gasteiger partial charge is 0.123 e. The zero-order chi connectivity index (χ0) is 20.2.